The number of rotatable bonds is 59. The molecule has 0 aliphatic carbocycles. The van der Waals surface area contributed by atoms with Crippen molar-refractivity contribution >= 4 is 5.91 Å². The van der Waals surface area contributed by atoms with Crippen LogP contribution in [0.5, 0.6) is 0 Å². The Morgan fingerprint density at radius 3 is 1.11 bits per heavy atom. The van der Waals surface area contributed by atoms with Gasteiger partial charge in [0.05, 0.1) is 38.6 Å². The van der Waals surface area contributed by atoms with E-state index < -0.39 is 124 Å². The summed E-state index contributed by atoms with van der Waals surface area (Å²) in [5, 5.41) is 120. The van der Waals surface area contributed by atoms with E-state index in [9.17, 15) is 61.0 Å². The van der Waals surface area contributed by atoms with Crippen LogP contribution in [0, 0.1) is 0 Å². The maximum atomic E-state index is 13.4. The van der Waals surface area contributed by atoms with Gasteiger partial charge in [-0.2, -0.15) is 0 Å². The lowest BCUT2D eigenvalue weighted by atomic mass is 9.96. The van der Waals surface area contributed by atoms with Crippen molar-refractivity contribution in [1.29, 1.82) is 0 Å². The predicted molar refractivity (Wildman–Crippen MR) is 360 cm³/mol. The monoisotopic (exact) mass is 1320 g/mol. The first-order valence-electron chi connectivity index (χ1n) is 37.6. The first-order valence-corrected chi connectivity index (χ1v) is 37.6. The number of carbonyl (C=O) groups is 1. The molecular weight excluding hydrogens is 1180 g/mol. The van der Waals surface area contributed by atoms with E-state index in [-0.39, 0.29) is 18.9 Å². The summed E-state index contributed by atoms with van der Waals surface area (Å²) in [6.07, 6.45) is 37.7. The molecule has 19 nitrogen and oxygen atoms in total. The number of allylic oxidation sites excluding steroid dienone is 4. The van der Waals surface area contributed by atoms with Crippen molar-refractivity contribution in [2.45, 2.75) is 407 Å². The third-order valence-corrected chi connectivity index (χ3v) is 19.0. The number of aliphatic hydroxyl groups is 11. The molecule has 1 amide bonds. The fourth-order valence-corrected chi connectivity index (χ4v) is 12.9. The van der Waals surface area contributed by atoms with E-state index in [4.69, 9.17) is 28.4 Å². The van der Waals surface area contributed by atoms with Gasteiger partial charge in [-0.25, -0.2) is 0 Å². The van der Waals surface area contributed by atoms with Gasteiger partial charge >= 0.3 is 0 Å². The van der Waals surface area contributed by atoms with Gasteiger partial charge in [-0.3, -0.25) is 4.79 Å². The molecule has 0 aromatic heterocycles. The van der Waals surface area contributed by atoms with Crippen LogP contribution in [0.3, 0.4) is 0 Å². The zero-order valence-corrected chi connectivity index (χ0v) is 57.5. The lowest BCUT2D eigenvalue weighted by molar-refractivity contribution is -0.379. The minimum Gasteiger partial charge on any atom is -0.394 e. The van der Waals surface area contributed by atoms with E-state index in [2.05, 4.69) is 43.5 Å². The molecule has 0 saturated carbocycles. The third-order valence-electron chi connectivity index (χ3n) is 19.0. The average molecular weight is 1320 g/mol. The highest BCUT2D eigenvalue weighted by Crippen LogP contribution is 2.33. The second-order valence-corrected chi connectivity index (χ2v) is 27.1. The molecule has 3 rings (SSSR count). The van der Waals surface area contributed by atoms with Gasteiger partial charge in [0.25, 0.3) is 0 Å². The summed E-state index contributed by atoms with van der Waals surface area (Å²) < 4.78 is 34.3. The molecule has 19 heteroatoms. The Kier molecular flexibility index (Phi) is 50.7. The van der Waals surface area contributed by atoms with Crippen molar-refractivity contribution in [2.24, 2.45) is 0 Å². The van der Waals surface area contributed by atoms with Crippen molar-refractivity contribution in [2.75, 3.05) is 26.4 Å². The number of carbonyl (C=O) groups excluding carboxylic acids is 1. The van der Waals surface area contributed by atoms with Gasteiger partial charge in [-0.15, -0.1) is 0 Å². The van der Waals surface area contributed by atoms with Crippen LogP contribution in [0.25, 0.3) is 0 Å². The number of hydrogen-bond acceptors (Lipinski definition) is 18. The molecule has 12 N–H and O–H groups in total. The van der Waals surface area contributed by atoms with Gasteiger partial charge in [0.15, 0.2) is 18.9 Å². The minimum atomic E-state index is -1.97. The summed E-state index contributed by atoms with van der Waals surface area (Å²) >= 11 is 0. The zero-order chi connectivity index (χ0) is 66.8. The standard InChI is InChI=1S/C73H137NO18/c1-3-5-7-9-11-13-14-15-16-17-18-19-20-21-22-23-24-25-26-27-28-29-30-31-32-33-34-35-36-37-38-39-40-41-42-43-45-47-49-51-61(79)74-56(57(78)50-48-46-44-12-10-8-6-4-2)55-87-71-67(85)64(82)69(59(53-76)89-71)92-73-68(86)65(83)70(60(54-77)90-73)91-72-66(84)63(81)62(80)58(52-75)88-72/h14-15,17-18,56-60,62-73,75-78,80-86H,3-13,16,19-55H2,1-2H3,(H,74,79)/b15-14-,18-17-. The van der Waals surface area contributed by atoms with Crippen LogP contribution in [0.2, 0.25) is 0 Å². The van der Waals surface area contributed by atoms with Gasteiger partial charge in [0.2, 0.25) is 5.91 Å². The number of aliphatic hydroxyl groups excluding tert-OH is 11. The second-order valence-electron chi connectivity index (χ2n) is 27.1. The van der Waals surface area contributed by atoms with E-state index in [1.54, 1.807) is 0 Å². The highest BCUT2D eigenvalue weighted by atomic mass is 16.8. The maximum Gasteiger partial charge on any atom is 0.220 e. The summed E-state index contributed by atoms with van der Waals surface area (Å²) in [5.41, 5.74) is 0. The molecule has 0 aromatic carbocycles. The number of amides is 1. The van der Waals surface area contributed by atoms with E-state index in [0.717, 1.165) is 51.4 Å². The maximum absolute atomic E-state index is 13.4. The smallest absolute Gasteiger partial charge is 0.220 e. The number of ether oxygens (including phenoxy) is 6. The molecule has 0 aromatic rings. The molecular formula is C73H137NO18. The Hall–Kier alpha value is -1.73. The van der Waals surface area contributed by atoms with Crippen LogP contribution in [-0.4, -0.2) is 193 Å². The highest BCUT2D eigenvalue weighted by molar-refractivity contribution is 5.76. The quantitative estimate of drug-likeness (QED) is 0.0199. The van der Waals surface area contributed by atoms with Gasteiger partial charge in [-0.05, 0) is 44.9 Å². The van der Waals surface area contributed by atoms with E-state index in [1.807, 2.05) is 0 Å². The van der Waals surface area contributed by atoms with Crippen LogP contribution in [-0.2, 0) is 33.2 Å². The topological polar surface area (TPSA) is 307 Å². The van der Waals surface area contributed by atoms with E-state index in [1.165, 1.54) is 218 Å². The van der Waals surface area contributed by atoms with Crippen molar-refractivity contribution in [3.05, 3.63) is 24.3 Å². The van der Waals surface area contributed by atoms with Crippen LogP contribution in [0.4, 0.5) is 0 Å². The molecule has 17 atom stereocenters. The number of nitrogens with one attached hydrogen (secondary N) is 1. The summed E-state index contributed by atoms with van der Waals surface area (Å²) in [4.78, 5) is 13.4. The molecule has 542 valence electrons. The molecule has 3 heterocycles. The fourth-order valence-electron chi connectivity index (χ4n) is 12.9. The molecule has 3 saturated heterocycles. The van der Waals surface area contributed by atoms with Crippen LogP contribution < -0.4 is 5.32 Å². The van der Waals surface area contributed by atoms with Crippen molar-refractivity contribution < 1.29 is 89.4 Å². The summed E-state index contributed by atoms with van der Waals surface area (Å²) in [5.74, 6) is -0.241. The zero-order valence-electron chi connectivity index (χ0n) is 57.5. The van der Waals surface area contributed by atoms with Crippen LogP contribution in [0.1, 0.15) is 303 Å². The molecule has 0 bridgehead atoms. The van der Waals surface area contributed by atoms with Crippen LogP contribution in [0.15, 0.2) is 24.3 Å². The van der Waals surface area contributed by atoms with Gasteiger partial charge in [0.1, 0.15) is 73.2 Å². The van der Waals surface area contributed by atoms with E-state index >= 15 is 0 Å². The largest absolute Gasteiger partial charge is 0.394 e. The molecule has 3 aliphatic rings. The van der Waals surface area contributed by atoms with Gasteiger partial charge in [-0.1, -0.05) is 276 Å². The molecule has 0 radical (unpaired) electrons. The average Bonchev–Trinajstić information content (AvgIpc) is 0.830. The lowest BCUT2D eigenvalue weighted by Crippen LogP contribution is -2.66. The Morgan fingerprint density at radius 2 is 0.717 bits per heavy atom. The Labute approximate surface area is 556 Å². The second kappa shape index (κ2) is 55.2. The molecule has 3 fully saturated rings. The normalized spacial score (nSPS) is 27.8. The van der Waals surface area contributed by atoms with Crippen LogP contribution >= 0.6 is 0 Å². The van der Waals surface area contributed by atoms with E-state index in [0.29, 0.717) is 12.8 Å². The minimum absolute atomic E-state index is 0.241. The summed E-state index contributed by atoms with van der Waals surface area (Å²) in [7, 11) is 0. The first kappa shape index (κ1) is 84.5. The SMILES string of the molecule is CCCCCCC/C=C\C/C=C\CCCCCCCCCCCCCCCCCCCCCCCCCCCCCC(=O)NC(COC1OC(CO)C(OC2OC(CO)C(OC3OC(CO)C(O)C(O)C3O)C(O)C2O)C(O)C1O)C(O)CCCCCCCCCC. The lowest BCUT2D eigenvalue weighted by Gasteiger charge is -2.48. The Balaban J connectivity index is 1.24. The van der Waals surface area contributed by atoms with Gasteiger partial charge < -0.3 is 89.9 Å². The molecule has 0 spiro atoms. The highest BCUT2D eigenvalue weighted by Gasteiger charge is 2.53. The number of unbranched alkanes of at least 4 members (excludes halogenated alkanes) is 39. The third kappa shape index (κ3) is 36.2. The first-order chi connectivity index (χ1) is 44.8. The Bertz CT molecular complexity index is 1760. The van der Waals surface area contributed by atoms with Crippen molar-refractivity contribution in [1.82, 2.24) is 5.32 Å². The molecule has 92 heavy (non-hydrogen) atoms. The molecule has 3 aliphatic heterocycles. The molecule has 17 unspecified atom stereocenters. The summed E-state index contributed by atoms with van der Waals surface area (Å²) in [6.45, 7) is 1.76. The fraction of sp³-hybridized carbons (Fsp3) is 0.932. The Morgan fingerprint density at radius 1 is 0.391 bits per heavy atom. The van der Waals surface area contributed by atoms with Crippen molar-refractivity contribution in [3.63, 3.8) is 0 Å². The number of hydrogen-bond donors (Lipinski definition) is 12. The van der Waals surface area contributed by atoms with Gasteiger partial charge in [0, 0.05) is 6.42 Å². The van der Waals surface area contributed by atoms with Crippen molar-refractivity contribution in [3.8, 4) is 0 Å². The summed E-state index contributed by atoms with van der Waals surface area (Å²) in [6, 6.07) is -0.881. The predicted octanol–water partition coefficient (Wildman–Crippen LogP) is 11.0.